The van der Waals surface area contributed by atoms with Crippen LogP contribution in [0.4, 0.5) is 5.69 Å². The molecule has 7 nitrogen and oxygen atoms in total. The van der Waals surface area contributed by atoms with Gasteiger partial charge in [0.15, 0.2) is 0 Å². The molecular weight excluding hydrogens is 344 g/mol. The summed E-state index contributed by atoms with van der Waals surface area (Å²) in [4.78, 5) is 10.3. The van der Waals surface area contributed by atoms with Gasteiger partial charge in [0, 0.05) is 24.8 Å². The second-order valence-electron chi connectivity index (χ2n) is 5.44. The van der Waals surface area contributed by atoms with Gasteiger partial charge in [0.2, 0.25) is 10.0 Å². The molecule has 0 heterocycles. The summed E-state index contributed by atoms with van der Waals surface area (Å²) in [5.41, 5.74) is 1.69. The Morgan fingerprint density at radius 3 is 2.36 bits per heavy atom. The van der Waals surface area contributed by atoms with Crippen LogP contribution in [0, 0.1) is 17.0 Å². The highest BCUT2D eigenvalue weighted by Gasteiger charge is 2.22. The van der Waals surface area contributed by atoms with Crippen molar-refractivity contribution in [2.45, 2.75) is 31.9 Å². The first-order valence-corrected chi connectivity index (χ1v) is 9.22. The number of rotatable bonds is 8. The SMILES string of the molecule is CCOCc1ccc(CNS(=O)(=O)c2cccc([N+](=O)[O-])c2C)cc1. The van der Waals surface area contributed by atoms with Crippen LogP contribution in [-0.4, -0.2) is 19.9 Å². The average molecular weight is 364 g/mol. The first-order valence-electron chi connectivity index (χ1n) is 7.74. The Kier molecular flexibility index (Phi) is 6.24. The minimum absolute atomic E-state index is 0.0883. The van der Waals surface area contributed by atoms with Crippen molar-refractivity contribution in [3.63, 3.8) is 0 Å². The number of hydrogen-bond donors (Lipinski definition) is 1. The molecule has 25 heavy (non-hydrogen) atoms. The van der Waals surface area contributed by atoms with Crippen molar-refractivity contribution in [2.24, 2.45) is 0 Å². The van der Waals surface area contributed by atoms with Gasteiger partial charge in [-0.05, 0) is 31.0 Å². The molecule has 0 aromatic heterocycles. The van der Waals surface area contributed by atoms with E-state index in [1.807, 2.05) is 31.2 Å². The van der Waals surface area contributed by atoms with Crippen LogP contribution in [0.15, 0.2) is 47.4 Å². The maximum absolute atomic E-state index is 12.5. The molecule has 0 atom stereocenters. The summed E-state index contributed by atoms with van der Waals surface area (Å²) in [6.07, 6.45) is 0. The highest BCUT2D eigenvalue weighted by Crippen LogP contribution is 2.24. The van der Waals surface area contributed by atoms with E-state index < -0.39 is 14.9 Å². The second-order valence-corrected chi connectivity index (χ2v) is 7.17. The van der Waals surface area contributed by atoms with Crippen LogP contribution in [0.1, 0.15) is 23.6 Å². The first kappa shape index (κ1) is 19.0. The van der Waals surface area contributed by atoms with Crippen molar-refractivity contribution in [1.29, 1.82) is 0 Å². The molecule has 134 valence electrons. The Bertz CT molecular complexity index is 848. The van der Waals surface area contributed by atoms with E-state index in [0.717, 1.165) is 11.1 Å². The van der Waals surface area contributed by atoms with Crippen LogP contribution in [0.5, 0.6) is 0 Å². The number of nitrogens with zero attached hydrogens (tertiary/aromatic N) is 1. The van der Waals surface area contributed by atoms with Gasteiger partial charge in [-0.3, -0.25) is 10.1 Å². The number of nitro benzene ring substituents is 1. The third-order valence-corrected chi connectivity index (χ3v) is 5.25. The Labute approximate surface area is 146 Å². The summed E-state index contributed by atoms with van der Waals surface area (Å²) in [6, 6.07) is 11.4. The van der Waals surface area contributed by atoms with Gasteiger partial charge in [0.05, 0.1) is 16.4 Å². The number of benzene rings is 2. The molecule has 2 aromatic rings. The molecular formula is C17H20N2O5S. The quantitative estimate of drug-likeness (QED) is 0.573. The van der Waals surface area contributed by atoms with Crippen molar-refractivity contribution in [3.05, 3.63) is 69.3 Å². The zero-order valence-corrected chi connectivity index (χ0v) is 14.9. The van der Waals surface area contributed by atoms with E-state index in [1.54, 1.807) is 0 Å². The van der Waals surface area contributed by atoms with Crippen LogP contribution >= 0.6 is 0 Å². The minimum atomic E-state index is -3.85. The van der Waals surface area contributed by atoms with Gasteiger partial charge in [-0.2, -0.15) is 0 Å². The van der Waals surface area contributed by atoms with Crippen LogP contribution in [0.2, 0.25) is 0 Å². The maximum Gasteiger partial charge on any atom is 0.273 e. The zero-order chi connectivity index (χ0) is 18.4. The molecule has 0 amide bonds. The topological polar surface area (TPSA) is 98.5 Å². The standard InChI is InChI=1S/C17H20N2O5S/c1-3-24-12-15-9-7-14(8-10-15)11-18-25(22,23)17-6-4-5-16(13(17)2)19(20)21/h4-10,18H,3,11-12H2,1-2H3. The minimum Gasteiger partial charge on any atom is -0.377 e. The molecule has 0 fully saturated rings. The van der Waals surface area contributed by atoms with Gasteiger partial charge in [-0.1, -0.05) is 30.3 Å². The lowest BCUT2D eigenvalue weighted by Crippen LogP contribution is -2.24. The smallest absolute Gasteiger partial charge is 0.273 e. The van der Waals surface area contributed by atoms with Crippen LogP contribution in [0.3, 0.4) is 0 Å². The molecule has 0 spiro atoms. The molecule has 0 saturated carbocycles. The second kappa shape index (κ2) is 8.19. The molecule has 8 heteroatoms. The van der Waals surface area contributed by atoms with Crippen molar-refractivity contribution < 1.29 is 18.1 Å². The van der Waals surface area contributed by atoms with Crippen LogP contribution in [-0.2, 0) is 27.9 Å². The zero-order valence-electron chi connectivity index (χ0n) is 14.1. The van der Waals surface area contributed by atoms with E-state index in [4.69, 9.17) is 4.74 Å². The van der Waals surface area contributed by atoms with Crippen molar-refractivity contribution >= 4 is 15.7 Å². The third-order valence-electron chi connectivity index (χ3n) is 3.70. The number of nitro groups is 1. The number of nitrogens with one attached hydrogen (secondary N) is 1. The lowest BCUT2D eigenvalue weighted by atomic mass is 10.1. The normalized spacial score (nSPS) is 11.4. The number of ether oxygens (including phenoxy) is 1. The van der Waals surface area contributed by atoms with Gasteiger partial charge in [0.1, 0.15) is 0 Å². The fourth-order valence-electron chi connectivity index (χ4n) is 2.32. The maximum atomic E-state index is 12.5. The van der Waals surface area contributed by atoms with E-state index in [-0.39, 0.29) is 22.7 Å². The molecule has 0 aliphatic heterocycles. The Balaban J connectivity index is 2.12. The highest BCUT2D eigenvalue weighted by molar-refractivity contribution is 7.89. The van der Waals surface area contributed by atoms with Gasteiger partial charge >= 0.3 is 0 Å². The highest BCUT2D eigenvalue weighted by atomic mass is 32.2. The lowest BCUT2D eigenvalue weighted by molar-refractivity contribution is -0.385. The molecule has 1 N–H and O–H groups in total. The molecule has 0 aliphatic rings. The number of hydrogen-bond acceptors (Lipinski definition) is 5. The molecule has 2 rings (SSSR count). The molecule has 0 aliphatic carbocycles. The first-order chi connectivity index (χ1) is 11.8. The summed E-state index contributed by atoms with van der Waals surface area (Å²) in [6.45, 7) is 4.58. The summed E-state index contributed by atoms with van der Waals surface area (Å²) >= 11 is 0. The lowest BCUT2D eigenvalue weighted by Gasteiger charge is -2.10. The van der Waals surface area contributed by atoms with Gasteiger partial charge in [-0.15, -0.1) is 0 Å². The molecule has 0 bridgehead atoms. The predicted octanol–water partition coefficient (Wildman–Crippen LogP) is 2.92. The van der Waals surface area contributed by atoms with Crippen molar-refractivity contribution in [1.82, 2.24) is 4.72 Å². The fraction of sp³-hybridized carbons (Fsp3) is 0.294. The average Bonchev–Trinajstić information content (AvgIpc) is 2.59. The fourth-order valence-corrected chi connectivity index (χ4v) is 3.60. The van der Waals surface area contributed by atoms with Crippen LogP contribution < -0.4 is 4.72 Å². The monoisotopic (exact) mass is 364 g/mol. The Hall–Kier alpha value is -2.29. The molecule has 0 unspecified atom stereocenters. The predicted molar refractivity (Wildman–Crippen MR) is 93.6 cm³/mol. The third kappa shape index (κ3) is 4.85. The summed E-state index contributed by atoms with van der Waals surface area (Å²) < 4.78 is 32.7. The van der Waals surface area contributed by atoms with Crippen molar-refractivity contribution in [2.75, 3.05) is 6.61 Å². The molecule has 0 radical (unpaired) electrons. The van der Waals surface area contributed by atoms with E-state index in [0.29, 0.717) is 13.2 Å². The van der Waals surface area contributed by atoms with Crippen molar-refractivity contribution in [3.8, 4) is 0 Å². The summed E-state index contributed by atoms with van der Waals surface area (Å²) in [5.74, 6) is 0. The van der Waals surface area contributed by atoms with Crippen LogP contribution in [0.25, 0.3) is 0 Å². The molecule has 0 saturated heterocycles. The number of sulfonamides is 1. The molecule has 2 aromatic carbocycles. The summed E-state index contributed by atoms with van der Waals surface area (Å²) in [5, 5.41) is 11.0. The summed E-state index contributed by atoms with van der Waals surface area (Å²) in [7, 11) is -3.85. The van der Waals surface area contributed by atoms with E-state index in [9.17, 15) is 18.5 Å². The Morgan fingerprint density at radius 2 is 1.76 bits per heavy atom. The van der Waals surface area contributed by atoms with E-state index >= 15 is 0 Å². The largest absolute Gasteiger partial charge is 0.377 e. The van der Waals surface area contributed by atoms with E-state index in [2.05, 4.69) is 4.72 Å². The van der Waals surface area contributed by atoms with Gasteiger partial charge < -0.3 is 4.74 Å². The van der Waals surface area contributed by atoms with Gasteiger partial charge in [-0.25, -0.2) is 13.1 Å². The van der Waals surface area contributed by atoms with Gasteiger partial charge in [0.25, 0.3) is 5.69 Å². The van der Waals surface area contributed by atoms with E-state index in [1.165, 1.54) is 25.1 Å². The Morgan fingerprint density at radius 1 is 1.12 bits per heavy atom.